The molecule has 1 aromatic heterocycles. The van der Waals surface area contributed by atoms with Gasteiger partial charge in [0.25, 0.3) is 5.91 Å². The zero-order valence-corrected chi connectivity index (χ0v) is 12.6. The van der Waals surface area contributed by atoms with Crippen LogP contribution in [0.4, 0.5) is 0 Å². The predicted molar refractivity (Wildman–Crippen MR) is 75.9 cm³/mol. The molecule has 2 heterocycles. The molecule has 5 nitrogen and oxygen atoms in total. The van der Waals surface area contributed by atoms with Gasteiger partial charge in [0, 0.05) is 24.1 Å². The Bertz CT molecular complexity index is 475. The summed E-state index contributed by atoms with van der Waals surface area (Å²) in [5.74, 6) is 0.450. The minimum atomic E-state index is -0.464. The maximum absolute atomic E-state index is 12.3. The van der Waals surface area contributed by atoms with Gasteiger partial charge in [0.2, 0.25) is 5.01 Å². The number of carbonyl (C=O) groups excluding carboxylic acids is 2. The van der Waals surface area contributed by atoms with Crippen LogP contribution in [0.3, 0.4) is 0 Å². The lowest BCUT2D eigenvalue weighted by Crippen LogP contribution is -2.40. The third-order valence-electron chi connectivity index (χ3n) is 2.69. The molecule has 7 heteroatoms. The van der Waals surface area contributed by atoms with Gasteiger partial charge in [-0.05, 0) is 6.92 Å². The molecule has 0 N–H and O–H groups in total. The maximum atomic E-state index is 12.3. The molecular weight excluding hydrogens is 284 g/mol. The van der Waals surface area contributed by atoms with E-state index in [4.69, 9.17) is 4.74 Å². The summed E-state index contributed by atoms with van der Waals surface area (Å²) in [6.45, 7) is 5.66. The summed E-state index contributed by atoms with van der Waals surface area (Å²) in [6.07, 6.45) is 1.46. The highest BCUT2D eigenvalue weighted by atomic mass is 32.2. The normalized spacial score (nSPS) is 19.3. The molecule has 0 saturated carbocycles. The number of nitrogens with zero attached hydrogens (tertiary/aromatic N) is 2. The molecule has 1 saturated heterocycles. The van der Waals surface area contributed by atoms with Gasteiger partial charge in [0.1, 0.15) is 4.88 Å². The lowest BCUT2D eigenvalue weighted by atomic mass is 10.3. The van der Waals surface area contributed by atoms with Crippen molar-refractivity contribution in [3.05, 3.63) is 16.1 Å². The zero-order chi connectivity index (χ0) is 13.8. The van der Waals surface area contributed by atoms with E-state index in [9.17, 15) is 9.59 Å². The van der Waals surface area contributed by atoms with Crippen molar-refractivity contribution in [1.82, 2.24) is 9.88 Å². The van der Waals surface area contributed by atoms with Crippen LogP contribution in [0.25, 0.3) is 0 Å². The topological polar surface area (TPSA) is 59.5 Å². The standard InChI is InChI=1S/C12H16N2O3S2/c1-3-17-12(16)10-13-6-9(19-10)11(15)14-4-5-18-8(2)7-14/h6,8H,3-5,7H2,1-2H3. The monoisotopic (exact) mass is 300 g/mol. The fraction of sp³-hybridized carbons (Fsp3) is 0.583. The van der Waals surface area contributed by atoms with Crippen molar-refractivity contribution in [2.75, 3.05) is 25.4 Å². The SMILES string of the molecule is CCOC(=O)c1ncc(C(=O)N2CCSC(C)C2)s1. The van der Waals surface area contributed by atoms with Crippen molar-refractivity contribution in [2.45, 2.75) is 19.1 Å². The highest BCUT2D eigenvalue weighted by Crippen LogP contribution is 2.22. The number of esters is 1. The number of ether oxygens (including phenoxy) is 1. The van der Waals surface area contributed by atoms with Crippen molar-refractivity contribution in [3.8, 4) is 0 Å². The Morgan fingerprint density at radius 3 is 3.05 bits per heavy atom. The Labute approximate surface area is 120 Å². The number of amides is 1. The first-order valence-corrected chi connectivity index (χ1v) is 8.02. The molecule has 1 aliphatic rings. The van der Waals surface area contributed by atoms with Crippen LogP contribution in [0.1, 0.15) is 33.3 Å². The zero-order valence-electron chi connectivity index (χ0n) is 10.9. The Hall–Kier alpha value is -1.08. The summed E-state index contributed by atoms with van der Waals surface area (Å²) in [5, 5.41) is 0.694. The van der Waals surface area contributed by atoms with Gasteiger partial charge in [0.05, 0.1) is 12.8 Å². The molecule has 0 aromatic carbocycles. The van der Waals surface area contributed by atoms with Crippen molar-refractivity contribution in [3.63, 3.8) is 0 Å². The molecule has 19 heavy (non-hydrogen) atoms. The van der Waals surface area contributed by atoms with Gasteiger partial charge in [-0.2, -0.15) is 11.8 Å². The van der Waals surface area contributed by atoms with Crippen LogP contribution in [-0.4, -0.2) is 52.5 Å². The second-order valence-corrected chi connectivity index (χ2v) is 6.76. The first kappa shape index (κ1) is 14.3. The smallest absolute Gasteiger partial charge is 0.367 e. The van der Waals surface area contributed by atoms with E-state index in [2.05, 4.69) is 11.9 Å². The predicted octanol–water partition coefficient (Wildman–Crippen LogP) is 1.90. The van der Waals surface area contributed by atoms with Crippen molar-refractivity contribution in [2.24, 2.45) is 0 Å². The van der Waals surface area contributed by atoms with Gasteiger partial charge in [0.15, 0.2) is 0 Å². The van der Waals surface area contributed by atoms with E-state index < -0.39 is 5.97 Å². The van der Waals surface area contributed by atoms with Crippen molar-refractivity contribution in [1.29, 1.82) is 0 Å². The molecule has 1 aromatic rings. The number of hydrogen-bond donors (Lipinski definition) is 0. The second-order valence-electron chi connectivity index (χ2n) is 4.18. The highest BCUT2D eigenvalue weighted by molar-refractivity contribution is 7.99. The van der Waals surface area contributed by atoms with E-state index in [1.54, 1.807) is 6.92 Å². The molecule has 0 spiro atoms. The summed E-state index contributed by atoms with van der Waals surface area (Å²) in [5.41, 5.74) is 0. The lowest BCUT2D eigenvalue weighted by molar-refractivity contribution is 0.0525. The molecule has 0 radical (unpaired) electrons. The minimum absolute atomic E-state index is 0.0415. The Kier molecular flexibility index (Phi) is 4.81. The number of carbonyl (C=O) groups is 2. The van der Waals surface area contributed by atoms with Crippen LogP contribution in [0.15, 0.2) is 6.20 Å². The summed E-state index contributed by atoms with van der Waals surface area (Å²) in [6, 6.07) is 0. The third kappa shape index (κ3) is 3.48. The second kappa shape index (κ2) is 6.38. The molecule has 0 bridgehead atoms. The summed E-state index contributed by atoms with van der Waals surface area (Å²) >= 11 is 2.97. The number of thioether (sulfide) groups is 1. The largest absolute Gasteiger partial charge is 0.461 e. The molecule has 1 atom stereocenters. The summed E-state index contributed by atoms with van der Waals surface area (Å²) in [4.78, 5) is 30.1. The van der Waals surface area contributed by atoms with Gasteiger partial charge < -0.3 is 9.64 Å². The van der Waals surface area contributed by atoms with E-state index >= 15 is 0 Å². The fourth-order valence-electron chi connectivity index (χ4n) is 1.82. The Balaban J connectivity index is 2.05. The van der Waals surface area contributed by atoms with Crippen LogP contribution < -0.4 is 0 Å². The average Bonchev–Trinajstić information content (AvgIpc) is 2.88. The van der Waals surface area contributed by atoms with Crippen LogP contribution in [0.2, 0.25) is 0 Å². The van der Waals surface area contributed by atoms with Gasteiger partial charge in [-0.25, -0.2) is 9.78 Å². The van der Waals surface area contributed by atoms with E-state index in [0.29, 0.717) is 16.7 Å². The minimum Gasteiger partial charge on any atom is -0.461 e. The molecular formula is C12H16N2O3S2. The van der Waals surface area contributed by atoms with E-state index in [0.717, 1.165) is 30.2 Å². The molecule has 2 rings (SSSR count). The van der Waals surface area contributed by atoms with E-state index in [1.165, 1.54) is 6.20 Å². The van der Waals surface area contributed by atoms with Gasteiger partial charge >= 0.3 is 5.97 Å². The van der Waals surface area contributed by atoms with Gasteiger partial charge in [-0.15, -0.1) is 11.3 Å². The third-order valence-corrected chi connectivity index (χ3v) is 4.80. The number of hydrogen-bond acceptors (Lipinski definition) is 6. The van der Waals surface area contributed by atoms with Crippen LogP contribution in [0.5, 0.6) is 0 Å². The van der Waals surface area contributed by atoms with Gasteiger partial charge in [-0.1, -0.05) is 6.92 Å². The molecule has 0 aliphatic carbocycles. The first-order chi connectivity index (χ1) is 9.11. The van der Waals surface area contributed by atoms with Gasteiger partial charge in [-0.3, -0.25) is 4.79 Å². The molecule has 1 aliphatic heterocycles. The van der Waals surface area contributed by atoms with Crippen LogP contribution >= 0.6 is 23.1 Å². The first-order valence-electron chi connectivity index (χ1n) is 6.15. The van der Waals surface area contributed by atoms with Crippen molar-refractivity contribution >= 4 is 35.0 Å². The fourth-order valence-corrected chi connectivity index (χ4v) is 3.61. The number of thiazole rings is 1. The molecule has 1 fully saturated rings. The van der Waals surface area contributed by atoms with E-state index in [1.807, 2.05) is 16.7 Å². The molecule has 1 amide bonds. The maximum Gasteiger partial charge on any atom is 0.367 e. The lowest BCUT2D eigenvalue weighted by Gasteiger charge is -2.30. The van der Waals surface area contributed by atoms with E-state index in [-0.39, 0.29) is 10.9 Å². The Morgan fingerprint density at radius 2 is 2.37 bits per heavy atom. The molecule has 1 unspecified atom stereocenters. The average molecular weight is 300 g/mol. The van der Waals surface area contributed by atoms with Crippen molar-refractivity contribution < 1.29 is 14.3 Å². The quantitative estimate of drug-likeness (QED) is 0.798. The number of rotatable bonds is 3. The molecule has 104 valence electrons. The highest BCUT2D eigenvalue weighted by Gasteiger charge is 2.25. The van der Waals surface area contributed by atoms with Crippen LogP contribution in [-0.2, 0) is 4.74 Å². The van der Waals surface area contributed by atoms with Crippen LogP contribution in [0, 0.1) is 0 Å². The summed E-state index contributed by atoms with van der Waals surface area (Å²) < 4.78 is 4.86. The Morgan fingerprint density at radius 1 is 1.58 bits per heavy atom. The summed E-state index contributed by atoms with van der Waals surface area (Å²) in [7, 11) is 0. The number of aromatic nitrogens is 1.